The fraction of sp³-hybridized carbons (Fsp3) is 0.895. The van der Waals surface area contributed by atoms with Crippen molar-refractivity contribution in [1.29, 1.82) is 0 Å². The topological polar surface area (TPSA) is 12.0 Å². The molecule has 1 fully saturated rings. The Hall–Kier alpha value is -0.300. The third kappa shape index (κ3) is 5.60. The summed E-state index contributed by atoms with van der Waals surface area (Å²) in [6.07, 6.45) is 6.58. The molecule has 0 radical (unpaired) electrons. The minimum Gasteiger partial charge on any atom is -0.314 e. The molecule has 0 bridgehead atoms. The lowest BCUT2D eigenvalue weighted by Crippen LogP contribution is -2.38. The van der Waals surface area contributed by atoms with Crippen molar-refractivity contribution in [3.63, 3.8) is 0 Å². The molecule has 1 heteroatoms. The number of allylic oxidation sites excluding steroid dienone is 1. The van der Waals surface area contributed by atoms with Crippen molar-refractivity contribution in [2.75, 3.05) is 6.54 Å². The molecule has 0 aliphatic heterocycles. The average Bonchev–Trinajstić information content (AvgIpc) is 2.35. The SMILES string of the molecule is C=C(CC)CC1CC(C(C)(C)C)CCC1CNC(C)C. The van der Waals surface area contributed by atoms with Gasteiger partial charge < -0.3 is 5.32 Å². The molecule has 0 saturated heterocycles. The van der Waals surface area contributed by atoms with Crippen LogP contribution >= 0.6 is 0 Å². The van der Waals surface area contributed by atoms with Crippen LogP contribution in [0.5, 0.6) is 0 Å². The molecule has 1 aliphatic carbocycles. The van der Waals surface area contributed by atoms with Crippen LogP contribution in [0.25, 0.3) is 0 Å². The van der Waals surface area contributed by atoms with Crippen LogP contribution in [-0.2, 0) is 0 Å². The lowest BCUT2D eigenvalue weighted by Gasteiger charge is -2.42. The smallest absolute Gasteiger partial charge is 0.00104 e. The molecule has 0 heterocycles. The Morgan fingerprint density at radius 3 is 2.35 bits per heavy atom. The third-order valence-electron chi connectivity index (χ3n) is 5.20. The molecule has 118 valence electrons. The molecule has 3 unspecified atom stereocenters. The van der Waals surface area contributed by atoms with Gasteiger partial charge in [-0.1, -0.05) is 53.7 Å². The van der Waals surface area contributed by atoms with Crippen molar-refractivity contribution >= 4 is 0 Å². The summed E-state index contributed by atoms with van der Waals surface area (Å²) in [7, 11) is 0. The van der Waals surface area contributed by atoms with E-state index in [-0.39, 0.29) is 0 Å². The normalized spacial score (nSPS) is 27.9. The molecule has 0 aromatic rings. The van der Waals surface area contributed by atoms with E-state index >= 15 is 0 Å². The van der Waals surface area contributed by atoms with Crippen molar-refractivity contribution in [2.24, 2.45) is 23.2 Å². The molecule has 0 amide bonds. The van der Waals surface area contributed by atoms with Gasteiger partial charge in [-0.15, -0.1) is 0 Å². The maximum atomic E-state index is 4.26. The second-order valence-electron chi connectivity index (χ2n) is 8.27. The van der Waals surface area contributed by atoms with Crippen LogP contribution in [0.15, 0.2) is 12.2 Å². The average molecular weight is 280 g/mol. The molecular formula is C19H37N. The first-order valence-electron chi connectivity index (χ1n) is 8.64. The van der Waals surface area contributed by atoms with Gasteiger partial charge in [0.1, 0.15) is 0 Å². The Balaban J connectivity index is 2.67. The number of hydrogen-bond acceptors (Lipinski definition) is 1. The predicted molar refractivity (Wildman–Crippen MR) is 91.0 cm³/mol. The highest BCUT2D eigenvalue weighted by Crippen LogP contribution is 2.44. The summed E-state index contributed by atoms with van der Waals surface area (Å²) in [4.78, 5) is 0. The Labute approximate surface area is 127 Å². The first-order chi connectivity index (χ1) is 9.24. The highest BCUT2D eigenvalue weighted by molar-refractivity contribution is 4.98. The van der Waals surface area contributed by atoms with Gasteiger partial charge in [0.05, 0.1) is 0 Å². The van der Waals surface area contributed by atoms with Crippen molar-refractivity contribution in [2.45, 2.75) is 79.7 Å². The quantitative estimate of drug-likeness (QED) is 0.640. The largest absolute Gasteiger partial charge is 0.314 e. The number of rotatable bonds is 6. The van der Waals surface area contributed by atoms with Gasteiger partial charge in [0.2, 0.25) is 0 Å². The van der Waals surface area contributed by atoms with Gasteiger partial charge in [-0.05, 0) is 61.8 Å². The standard InChI is InChI=1S/C19H37N/c1-8-15(4)11-17-12-18(19(5,6)7)10-9-16(17)13-20-14(2)3/h14,16-18,20H,4,8-13H2,1-3,5-7H3. The minimum atomic E-state index is 0.461. The van der Waals surface area contributed by atoms with Crippen LogP contribution in [0, 0.1) is 23.2 Å². The molecule has 20 heavy (non-hydrogen) atoms. The maximum Gasteiger partial charge on any atom is 0.00104 e. The molecule has 0 spiro atoms. The summed E-state index contributed by atoms with van der Waals surface area (Å²) < 4.78 is 0. The summed E-state index contributed by atoms with van der Waals surface area (Å²) in [5.74, 6) is 2.57. The van der Waals surface area contributed by atoms with Crippen molar-refractivity contribution in [3.05, 3.63) is 12.2 Å². The lowest BCUT2D eigenvalue weighted by molar-refractivity contribution is 0.0959. The van der Waals surface area contributed by atoms with Crippen LogP contribution in [-0.4, -0.2) is 12.6 Å². The summed E-state index contributed by atoms with van der Waals surface area (Å²) >= 11 is 0. The minimum absolute atomic E-state index is 0.461. The van der Waals surface area contributed by atoms with E-state index in [0.29, 0.717) is 11.5 Å². The summed E-state index contributed by atoms with van der Waals surface area (Å²) in [6, 6.07) is 0.602. The first kappa shape index (κ1) is 17.8. The van der Waals surface area contributed by atoms with Crippen LogP contribution in [0.1, 0.15) is 73.6 Å². The zero-order chi connectivity index (χ0) is 15.3. The summed E-state index contributed by atoms with van der Waals surface area (Å²) in [5.41, 5.74) is 1.90. The predicted octanol–water partition coefficient (Wildman–Crippen LogP) is 5.42. The lowest BCUT2D eigenvalue weighted by atomic mass is 9.64. The molecule has 1 nitrogen and oxygen atoms in total. The van der Waals surface area contributed by atoms with E-state index in [4.69, 9.17) is 0 Å². The van der Waals surface area contributed by atoms with Crippen LogP contribution in [0.3, 0.4) is 0 Å². The molecule has 1 N–H and O–H groups in total. The fourth-order valence-corrected chi connectivity index (χ4v) is 3.53. The molecule has 1 aliphatic rings. The van der Waals surface area contributed by atoms with Crippen LogP contribution in [0.4, 0.5) is 0 Å². The second-order valence-corrected chi connectivity index (χ2v) is 8.27. The van der Waals surface area contributed by atoms with E-state index in [1.807, 2.05) is 0 Å². The monoisotopic (exact) mass is 279 g/mol. The molecule has 1 saturated carbocycles. The third-order valence-corrected chi connectivity index (χ3v) is 5.20. The van der Waals surface area contributed by atoms with E-state index in [1.165, 1.54) is 37.8 Å². The first-order valence-corrected chi connectivity index (χ1v) is 8.64. The number of hydrogen-bond donors (Lipinski definition) is 1. The Morgan fingerprint density at radius 1 is 1.20 bits per heavy atom. The molecule has 0 aromatic heterocycles. The van der Waals surface area contributed by atoms with Gasteiger partial charge in [0, 0.05) is 6.04 Å². The van der Waals surface area contributed by atoms with E-state index in [2.05, 4.69) is 53.4 Å². The van der Waals surface area contributed by atoms with E-state index < -0.39 is 0 Å². The van der Waals surface area contributed by atoms with Crippen molar-refractivity contribution in [1.82, 2.24) is 5.32 Å². The van der Waals surface area contributed by atoms with Crippen molar-refractivity contribution in [3.8, 4) is 0 Å². The highest BCUT2D eigenvalue weighted by atomic mass is 14.9. The zero-order valence-electron chi connectivity index (χ0n) is 14.8. The van der Waals surface area contributed by atoms with E-state index in [1.54, 1.807) is 0 Å². The van der Waals surface area contributed by atoms with E-state index in [0.717, 1.165) is 24.2 Å². The summed E-state index contributed by atoms with van der Waals surface area (Å²) in [6.45, 7) is 19.4. The van der Waals surface area contributed by atoms with Gasteiger partial charge in [-0.3, -0.25) is 0 Å². The highest BCUT2D eigenvalue weighted by Gasteiger charge is 2.35. The van der Waals surface area contributed by atoms with Gasteiger partial charge in [0.15, 0.2) is 0 Å². The van der Waals surface area contributed by atoms with Crippen molar-refractivity contribution < 1.29 is 0 Å². The second kappa shape index (κ2) is 7.64. The Bertz CT molecular complexity index is 297. The van der Waals surface area contributed by atoms with Crippen LogP contribution < -0.4 is 5.32 Å². The molecular weight excluding hydrogens is 242 g/mol. The van der Waals surface area contributed by atoms with Gasteiger partial charge in [-0.25, -0.2) is 0 Å². The van der Waals surface area contributed by atoms with Gasteiger partial charge in [0.25, 0.3) is 0 Å². The Morgan fingerprint density at radius 2 is 1.85 bits per heavy atom. The Kier molecular flexibility index (Phi) is 6.78. The van der Waals surface area contributed by atoms with E-state index in [9.17, 15) is 0 Å². The zero-order valence-corrected chi connectivity index (χ0v) is 14.8. The molecule has 0 aromatic carbocycles. The molecule has 3 atom stereocenters. The summed E-state index contributed by atoms with van der Waals surface area (Å²) in [5, 5.41) is 3.66. The van der Waals surface area contributed by atoms with Crippen LogP contribution in [0.2, 0.25) is 0 Å². The van der Waals surface area contributed by atoms with Gasteiger partial charge >= 0.3 is 0 Å². The number of nitrogens with one attached hydrogen (secondary N) is 1. The van der Waals surface area contributed by atoms with Gasteiger partial charge in [-0.2, -0.15) is 0 Å². The molecule has 1 rings (SSSR count). The maximum absolute atomic E-state index is 4.26. The fourth-order valence-electron chi connectivity index (χ4n) is 3.53.